The molecule has 1 aromatic heterocycles. The topological polar surface area (TPSA) is 46.2 Å². The van der Waals surface area contributed by atoms with Gasteiger partial charge in [-0.1, -0.05) is 6.92 Å². The van der Waals surface area contributed by atoms with Crippen molar-refractivity contribution in [3.8, 4) is 0 Å². The van der Waals surface area contributed by atoms with E-state index in [1.165, 1.54) is 29.7 Å². The molecule has 4 heteroatoms. The van der Waals surface area contributed by atoms with E-state index in [-0.39, 0.29) is 14.7 Å². The molecule has 2 saturated carbocycles. The van der Waals surface area contributed by atoms with E-state index in [0.717, 1.165) is 42.7 Å². The molecule has 2 fully saturated rings. The molecule has 3 nitrogen and oxygen atoms in total. The van der Waals surface area contributed by atoms with Gasteiger partial charge in [-0.2, -0.15) is 0 Å². The molecule has 0 spiro atoms. The first-order valence-electron chi connectivity index (χ1n) is 9.06. The van der Waals surface area contributed by atoms with Gasteiger partial charge in [0.1, 0.15) is 5.78 Å². The van der Waals surface area contributed by atoms with E-state index >= 15 is 0 Å². The number of amides is 1. The smallest absolute Gasteiger partial charge is 0.252 e. The highest BCUT2D eigenvalue weighted by Gasteiger charge is 2.33. The summed E-state index contributed by atoms with van der Waals surface area (Å²) in [6.45, 7) is 3.07. The Bertz CT molecular complexity index is 650. The molecule has 1 amide bonds. The van der Waals surface area contributed by atoms with Crippen molar-refractivity contribution in [2.45, 2.75) is 58.3 Å². The quantitative estimate of drug-likeness (QED) is 0.853. The highest BCUT2D eigenvalue weighted by molar-refractivity contribution is 7.12. The first-order valence-corrected chi connectivity index (χ1v) is 9.87. The number of nitrogens with one attached hydrogen (secondary N) is 1. The van der Waals surface area contributed by atoms with Gasteiger partial charge in [-0.25, -0.2) is 0 Å². The van der Waals surface area contributed by atoms with Crippen molar-refractivity contribution >= 4 is 23.0 Å². The van der Waals surface area contributed by atoms with Crippen LogP contribution in [0.25, 0.3) is 0 Å². The van der Waals surface area contributed by atoms with Crippen molar-refractivity contribution in [3.05, 3.63) is 20.9 Å². The summed E-state index contributed by atoms with van der Waals surface area (Å²) in [5, 5.41) is 3.13. The zero-order chi connectivity index (χ0) is 16.0. The number of hydrogen-bond donors (Lipinski definition) is 1. The highest BCUT2D eigenvalue weighted by Crippen LogP contribution is 2.39. The number of aryl methyl sites for hydroxylation is 1. The Morgan fingerprint density at radius 1 is 1.22 bits per heavy atom. The number of thiophene rings is 1. The largest absolute Gasteiger partial charge is 0.352 e. The molecular weight excluding hydrogens is 306 g/mol. The molecule has 23 heavy (non-hydrogen) atoms. The molecule has 3 aliphatic rings. The molecule has 0 aromatic carbocycles. The maximum Gasteiger partial charge on any atom is 0.252 e. The second-order valence-corrected chi connectivity index (χ2v) is 8.91. The fraction of sp³-hybridized carbons (Fsp3) is 0.684. The van der Waals surface area contributed by atoms with Gasteiger partial charge in [-0.3, -0.25) is 9.59 Å². The van der Waals surface area contributed by atoms with Crippen LogP contribution in [0.1, 0.15) is 67.6 Å². The van der Waals surface area contributed by atoms with Gasteiger partial charge in [0.25, 0.3) is 5.91 Å². The second kappa shape index (κ2) is 6.04. The molecule has 0 bridgehead atoms. The van der Waals surface area contributed by atoms with Crippen LogP contribution in [0, 0.1) is 17.8 Å². The monoisotopic (exact) mass is 335 g/mol. The van der Waals surface area contributed by atoms with Crippen LogP contribution < -0.4 is 5.32 Å². The summed E-state index contributed by atoms with van der Waals surface area (Å²) in [6.07, 6.45) is 8.32. The first kappa shape index (κ1) is 15.4. The number of carbonyl (C=O) groups excluding carboxylic acids is 2. The minimum Gasteiger partial charge on any atom is -0.352 e. The van der Waals surface area contributed by atoms with Gasteiger partial charge in [-0.05, 0) is 62.3 Å². The van der Waals surface area contributed by atoms with Crippen molar-refractivity contribution in [1.82, 2.24) is 5.32 Å². The molecule has 0 radical (unpaired) electrons. The number of carbonyl (C=O) groups is 2. The summed E-state index contributed by atoms with van der Waals surface area (Å²) in [7, 11) is 0. The van der Waals surface area contributed by atoms with Crippen LogP contribution in [0.4, 0.5) is 0 Å². The molecule has 0 saturated heterocycles. The van der Waals surface area contributed by atoms with E-state index in [4.69, 9.17) is 0 Å². The van der Waals surface area contributed by atoms with Gasteiger partial charge < -0.3 is 5.32 Å². The fourth-order valence-corrected chi connectivity index (χ4v) is 4.92. The lowest BCUT2D eigenvalue weighted by atomic mass is 9.87. The lowest BCUT2D eigenvalue weighted by Crippen LogP contribution is -2.28. The van der Waals surface area contributed by atoms with Crippen molar-refractivity contribution in [2.24, 2.45) is 17.8 Å². The number of hydrogen-bond acceptors (Lipinski definition) is 3. The minimum absolute atomic E-state index is 0. The van der Waals surface area contributed by atoms with Gasteiger partial charge in [0.05, 0.1) is 5.56 Å². The van der Waals surface area contributed by atoms with Crippen LogP contribution in [0.15, 0.2) is 0 Å². The molecule has 1 N–H and O–H groups in total. The Hall–Kier alpha value is -1.16. The average Bonchev–Trinajstić information content (AvgIpc) is 3.42. The van der Waals surface area contributed by atoms with E-state index in [9.17, 15) is 9.59 Å². The molecule has 0 aliphatic heterocycles. The van der Waals surface area contributed by atoms with Gasteiger partial charge in [0.2, 0.25) is 0 Å². The third kappa shape index (κ3) is 3.37. The Morgan fingerprint density at radius 3 is 2.70 bits per heavy atom. The number of Topliss-reactive ketones (excluding diaryl/α,β-unsaturated/α-hetero) is 1. The zero-order valence-electron chi connectivity index (χ0n) is 13.8. The lowest BCUT2D eigenvalue weighted by molar-refractivity contribution is -0.119. The number of ketones is 1. The van der Waals surface area contributed by atoms with Crippen LogP contribution in [-0.4, -0.2) is 18.2 Å². The summed E-state index contributed by atoms with van der Waals surface area (Å²) < 4.78 is 0. The van der Waals surface area contributed by atoms with Crippen LogP contribution in [-0.2, 0) is 24.1 Å². The molecule has 128 valence electrons. The van der Waals surface area contributed by atoms with Gasteiger partial charge >= 0.3 is 0 Å². The standard InChI is InChI=1S/C19H25NO2S.2H2/c1-11-2-7-16-14(8-11)18(19(22)20-10-12-3-4-12)17(23-16)9-15(21)13-5-6-13;;/h11-13H,2-10H2,1H3,(H,20,22);2*1H. The van der Waals surface area contributed by atoms with Gasteiger partial charge in [-0.15, -0.1) is 11.3 Å². The van der Waals surface area contributed by atoms with Crippen molar-refractivity contribution in [3.63, 3.8) is 0 Å². The summed E-state index contributed by atoms with van der Waals surface area (Å²) in [6, 6.07) is 0. The van der Waals surface area contributed by atoms with Crippen LogP contribution >= 0.6 is 11.3 Å². The maximum absolute atomic E-state index is 12.8. The van der Waals surface area contributed by atoms with Crippen LogP contribution in [0.2, 0.25) is 0 Å². The summed E-state index contributed by atoms with van der Waals surface area (Å²) >= 11 is 1.73. The third-order valence-electron chi connectivity index (χ3n) is 5.42. The zero-order valence-corrected chi connectivity index (χ0v) is 14.6. The Morgan fingerprint density at radius 2 is 2.00 bits per heavy atom. The van der Waals surface area contributed by atoms with E-state index in [1.54, 1.807) is 11.3 Å². The molecule has 3 aliphatic carbocycles. The second-order valence-electron chi connectivity index (χ2n) is 7.72. The van der Waals surface area contributed by atoms with Crippen molar-refractivity contribution in [2.75, 3.05) is 6.54 Å². The van der Waals surface area contributed by atoms with Crippen molar-refractivity contribution < 1.29 is 12.4 Å². The lowest BCUT2D eigenvalue weighted by Gasteiger charge is -2.19. The molecule has 4 rings (SSSR count). The average molecular weight is 336 g/mol. The predicted molar refractivity (Wildman–Crippen MR) is 96.2 cm³/mol. The molecule has 1 unspecified atom stereocenters. The third-order valence-corrected chi connectivity index (χ3v) is 6.71. The Labute approximate surface area is 144 Å². The SMILES string of the molecule is CC1CCc2sc(CC(=O)C3CC3)c(C(=O)NCC3CC3)c2C1.[HH].[HH]. The Balaban J connectivity index is 0.00000113. The molecule has 1 heterocycles. The van der Waals surface area contributed by atoms with E-state index in [0.29, 0.717) is 24.0 Å². The highest BCUT2D eigenvalue weighted by atomic mass is 32.1. The first-order chi connectivity index (χ1) is 11.1. The fourth-order valence-electron chi connectivity index (χ4n) is 3.56. The van der Waals surface area contributed by atoms with Gasteiger partial charge in [0, 0.05) is 31.5 Å². The summed E-state index contributed by atoms with van der Waals surface area (Å²) in [4.78, 5) is 27.5. The maximum atomic E-state index is 12.8. The van der Waals surface area contributed by atoms with E-state index < -0.39 is 0 Å². The van der Waals surface area contributed by atoms with Crippen molar-refractivity contribution in [1.29, 1.82) is 0 Å². The molecule has 1 aromatic rings. The van der Waals surface area contributed by atoms with Gasteiger partial charge in [0.15, 0.2) is 0 Å². The molecular formula is C19H29NO2S. The molecule has 1 atom stereocenters. The summed E-state index contributed by atoms with van der Waals surface area (Å²) in [5.41, 5.74) is 2.12. The Kier molecular flexibility index (Phi) is 4.04. The van der Waals surface area contributed by atoms with E-state index in [2.05, 4.69) is 12.2 Å². The number of fused-ring (bicyclic) bond motifs is 1. The van der Waals surface area contributed by atoms with Crippen LogP contribution in [0.3, 0.4) is 0 Å². The predicted octanol–water partition coefficient (Wildman–Crippen LogP) is 4.03. The normalized spacial score (nSPS) is 23.4. The minimum atomic E-state index is 0. The van der Waals surface area contributed by atoms with E-state index in [1.807, 2.05) is 0 Å². The number of rotatable bonds is 6. The van der Waals surface area contributed by atoms with Crippen LogP contribution in [0.5, 0.6) is 0 Å². The summed E-state index contributed by atoms with van der Waals surface area (Å²) in [5.74, 6) is 2.01.